The topological polar surface area (TPSA) is 348 Å². The number of nitrogens with one attached hydrogen (secondary N) is 7. The van der Waals surface area contributed by atoms with E-state index in [0.717, 1.165) is 0 Å². The van der Waals surface area contributed by atoms with E-state index in [1.54, 1.807) is 27.7 Å². The van der Waals surface area contributed by atoms with Crippen LogP contribution in [0.5, 0.6) is 0 Å². The van der Waals surface area contributed by atoms with Crippen LogP contribution in [-0.4, -0.2) is 113 Å². The highest BCUT2D eigenvalue weighted by atomic mass is 16.4. The van der Waals surface area contributed by atoms with Gasteiger partial charge in [0.05, 0.1) is 0 Å². The van der Waals surface area contributed by atoms with Crippen molar-refractivity contribution in [2.75, 3.05) is 6.54 Å². The molecule has 14 N–H and O–H groups in total. The number of aliphatic imine (C=N–C) groups is 1. The molecule has 54 heavy (non-hydrogen) atoms. The van der Waals surface area contributed by atoms with Crippen LogP contribution < -0.4 is 54.4 Å². The Morgan fingerprint density at radius 2 is 1.04 bits per heavy atom. The second-order valence-electron chi connectivity index (χ2n) is 13.7. The smallest absolute Gasteiger partial charge is 0.303 e. The van der Waals surface area contributed by atoms with Gasteiger partial charge < -0.3 is 59.5 Å². The minimum atomic E-state index is -1.38. The molecule has 0 aliphatic rings. The van der Waals surface area contributed by atoms with Gasteiger partial charge in [0.1, 0.15) is 42.3 Å². The molecule has 0 saturated heterocycles. The monoisotopic (exact) mass is 769 g/mol. The van der Waals surface area contributed by atoms with Crippen LogP contribution in [0, 0.1) is 11.8 Å². The summed E-state index contributed by atoms with van der Waals surface area (Å²) in [5.41, 5.74) is 15.9. The minimum absolute atomic E-state index is 0.0644. The molecule has 0 radical (unpaired) electrons. The number of aliphatic carboxylic acids is 1. The van der Waals surface area contributed by atoms with Gasteiger partial charge >= 0.3 is 5.97 Å². The number of amides is 8. The summed E-state index contributed by atoms with van der Waals surface area (Å²) < 4.78 is 0. The van der Waals surface area contributed by atoms with Crippen molar-refractivity contribution in [3.63, 3.8) is 0 Å². The lowest BCUT2D eigenvalue weighted by Crippen LogP contribution is -2.60. The number of hydrogen-bond donors (Lipinski definition) is 11. The van der Waals surface area contributed by atoms with Gasteiger partial charge in [-0.05, 0) is 58.3 Å². The molecule has 21 heteroatoms. The molecule has 0 fully saturated rings. The Labute approximate surface area is 314 Å². The maximum absolute atomic E-state index is 13.6. The van der Waals surface area contributed by atoms with E-state index >= 15 is 0 Å². The number of nitrogens with two attached hydrogens (primary N) is 3. The first-order valence-corrected chi connectivity index (χ1v) is 17.6. The number of carbonyl (C=O) groups excluding carboxylic acids is 8. The molecule has 0 bridgehead atoms. The zero-order valence-corrected chi connectivity index (χ0v) is 32.2. The van der Waals surface area contributed by atoms with Gasteiger partial charge in [-0.3, -0.25) is 48.1 Å². The molecule has 0 rings (SSSR count). The van der Waals surface area contributed by atoms with Crippen LogP contribution in [0.4, 0.5) is 0 Å². The van der Waals surface area contributed by atoms with Crippen molar-refractivity contribution in [2.45, 2.75) is 130 Å². The van der Waals surface area contributed by atoms with Gasteiger partial charge in [-0.25, -0.2) is 0 Å². The van der Waals surface area contributed by atoms with Crippen molar-refractivity contribution in [1.29, 1.82) is 0 Å². The molecule has 0 aromatic rings. The first-order chi connectivity index (χ1) is 25.0. The Kier molecular flexibility index (Phi) is 21.5. The van der Waals surface area contributed by atoms with Crippen molar-refractivity contribution in [3.05, 3.63) is 0 Å². The molecule has 8 amide bonds. The predicted molar refractivity (Wildman–Crippen MR) is 196 cm³/mol. The minimum Gasteiger partial charge on any atom is -0.481 e. The van der Waals surface area contributed by atoms with Crippen molar-refractivity contribution < 1.29 is 48.3 Å². The third-order valence-corrected chi connectivity index (χ3v) is 7.80. The van der Waals surface area contributed by atoms with E-state index < -0.39 is 108 Å². The van der Waals surface area contributed by atoms with E-state index in [-0.39, 0.29) is 44.1 Å². The summed E-state index contributed by atoms with van der Waals surface area (Å²) in [5.74, 6) is -7.96. The SMILES string of the molecule is CC(=O)N[C@@H](C)C(=O)N[C@@H](CCCN=C(N)N)C(=O)N[C@H](C(=O)N[C@@H](CC(C)C)C(=O)N[C@@H](C)C(=O)N[C@@H](CCC(=O)O)C(=O)N[C@@H](C)C(N)=O)C(C)C. The van der Waals surface area contributed by atoms with Crippen LogP contribution in [-0.2, 0) is 43.2 Å². The zero-order chi connectivity index (χ0) is 41.9. The average molecular weight is 770 g/mol. The Hall–Kier alpha value is -5.50. The van der Waals surface area contributed by atoms with Gasteiger partial charge in [0, 0.05) is 19.9 Å². The molecule has 0 aromatic heterocycles. The molecule has 21 nitrogen and oxygen atoms in total. The number of carbonyl (C=O) groups is 9. The molecule has 0 aromatic carbocycles. The number of carboxylic acids is 1. The Bertz CT molecular complexity index is 1380. The van der Waals surface area contributed by atoms with Gasteiger partial charge in [-0.15, -0.1) is 0 Å². The standard InChI is InChI=1S/C33H59N11O10/c1-15(2)14-23(31(53)40-19(7)28(50)42-22(11-12-24(46)47)29(51)39-17(5)26(34)48)43-32(54)25(16(3)4)44-30(52)21(10-9-13-37-33(35)36)41-27(49)18(6)38-20(8)45/h15-19,21-23,25H,9-14H2,1-8H3,(H2,34,48)(H,38,45)(H,39,51)(H,40,53)(H,41,49)(H,42,50)(H,43,54)(H,44,52)(H,46,47)(H4,35,36,37)/t17-,18-,19-,21-,22-,23-,25-/m0/s1. The number of guanidine groups is 1. The lowest BCUT2D eigenvalue weighted by Gasteiger charge is -2.29. The van der Waals surface area contributed by atoms with Crippen molar-refractivity contribution in [1.82, 2.24) is 37.2 Å². The Morgan fingerprint density at radius 3 is 1.50 bits per heavy atom. The summed E-state index contributed by atoms with van der Waals surface area (Å²) in [6, 6.07) is -8.29. The fourth-order valence-electron chi connectivity index (χ4n) is 4.79. The molecule has 7 atom stereocenters. The van der Waals surface area contributed by atoms with Gasteiger partial charge in [-0.1, -0.05) is 27.7 Å². The molecule has 0 saturated carbocycles. The number of rotatable bonds is 24. The molecule has 0 unspecified atom stereocenters. The normalized spacial score (nSPS) is 14.8. The van der Waals surface area contributed by atoms with Gasteiger partial charge in [0.15, 0.2) is 5.96 Å². The van der Waals surface area contributed by atoms with Crippen LogP contribution >= 0.6 is 0 Å². The summed E-state index contributed by atoms with van der Waals surface area (Å²) in [5, 5.41) is 26.5. The maximum Gasteiger partial charge on any atom is 0.303 e. The molecular formula is C33H59N11O10. The maximum atomic E-state index is 13.6. The number of primary amides is 1. The number of nitrogens with zero attached hydrogens (tertiary/aromatic N) is 1. The Morgan fingerprint density at radius 1 is 0.574 bits per heavy atom. The van der Waals surface area contributed by atoms with Gasteiger partial charge in [0.25, 0.3) is 0 Å². The van der Waals surface area contributed by atoms with Crippen molar-refractivity contribution in [3.8, 4) is 0 Å². The number of carboxylic acid groups (broad SMARTS) is 1. The predicted octanol–water partition coefficient (Wildman–Crippen LogP) is -3.43. The first kappa shape index (κ1) is 48.5. The van der Waals surface area contributed by atoms with E-state index in [4.69, 9.17) is 22.3 Å². The summed E-state index contributed by atoms with van der Waals surface area (Å²) in [7, 11) is 0. The highest BCUT2D eigenvalue weighted by molar-refractivity contribution is 5.97. The molecule has 0 aliphatic carbocycles. The van der Waals surface area contributed by atoms with E-state index in [1.165, 1.54) is 27.7 Å². The highest BCUT2D eigenvalue weighted by Crippen LogP contribution is 2.10. The average Bonchev–Trinajstić information content (AvgIpc) is 3.04. The zero-order valence-electron chi connectivity index (χ0n) is 32.2. The van der Waals surface area contributed by atoms with E-state index in [0.29, 0.717) is 0 Å². The third kappa shape index (κ3) is 19.4. The third-order valence-electron chi connectivity index (χ3n) is 7.80. The highest BCUT2D eigenvalue weighted by Gasteiger charge is 2.33. The van der Waals surface area contributed by atoms with Crippen molar-refractivity contribution >= 4 is 59.2 Å². The van der Waals surface area contributed by atoms with E-state index in [2.05, 4.69) is 42.2 Å². The summed E-state index contributed by atoms with van der Waals surface area (Å²) in [6.07, 6.45) is -0.383. The van der Waals surface area contributed by atoms with Crippen LogP contribution in [0.3, 0.4) is 0 Å². The molecule has 306 valence electrons. The summed E-state index contributed by atoms with van der Waals surface area (Å²) in [4.78, 5) is 117. The van der Waals surface area contributed by atoms with E-state index in [9.17, 15) is 43.2 Å². The van der Waals surface area contributed by atoms with Crippen molar-refractivity contribution in [2.24, 2.45) is 34.0 Å². The van der Waals surface area contributed by atoms with Crippen LogP contribution in [0.25, 0.3) is 0 Å². The van der Waals surface area contributed by atoms with Gasteiger partial charge in [-0.2, -0.15) is 0 Å². The quantitative estimate of drug-likeness (QED) is 0.0260. The molecular weight excluding hydrogens is 710 g/mol. The van der Waals surface area contributed by atoms with E-state index in [1.807, 2.05) is 0 Å². The summed E-state index contributed by atoms with van der Waals surface area (Å²) >= 11 is 0. The number of hydrogen-bond acceptors (Lipinski definition) is 10. The lowest BCUT2D eigenvalue weighted by atomic mass is 9.99. The second kappa shape index (κ2) is 23.9. The fraction of sp³-hybridized carbons (Fsp3) is 0.697. The van der Waals surface area contributed by atoms with Gasteiger partial charge in [0.2, 0.25) is 47.3 Å². The molecule has 0 heterocycles. The van der Waals surface area contributed by atoms with Crippen LogP contribution in [0.2, 0.25) is 0 Å². The molecule has 0 aliphatic heterocycles. The Balaban J connectivity index is 6.00. The largest absolute Gasteiger partial charge is 0.481 e. The van der Waals surface area contributed by atoms with Crippen LogP contribution in [0.15, 0.2) is 4.99 Å². The fourth-order valence-corrected chi connectivity index (χ4v) is 4.79. The first-order valence-electron chi connectivity index (χ1n) is 17.6. The van der Waals surface area contributed by atoms with Crippen LogP contribution in [0.1, 0.15) is 87.5 Å². The summed E-state index contributed by atoms with van der Waals surface area (Å²) in [6.45, 7) is 12.3. The molecule has 0 spiro atoms. The lowest BCUT2D eigenvalue weighted by molar-refractivity contribution is -0.138. The second-order valence-corrected chi connectivity index (χ2v) is 13.7.